The molecule has 0 aliphatic carbocycles. The van der Waals surface area contributed by atoms with Crippen LogP contribution in [-0.4, -0.2) is 43.6 Å². The highest BCUT2D eigenvalue weighted by molar-refractivity contribution is 5.87. The van der Waals surface area contributed by atoms with Crippen molar-refractivity contribution in [2.24, 2.45) is 5.73 Å². The minimum atomic E-state index is -0.691. The summed E-state index contributed by atoms with van der Waals surface area (Å²) in [5, 5.41) is 3.68. The van der Waals surface area contributed by atoms with Crippen LogP contribution in [-0.2, 0) is 20.8 Å². The van der Waals surface area contributed by atoms with Crippen LogP contribution >= 0.6 is 0 Å². The second-order valence-corrected chi connectivity index (χ2v) is 4.03. The number of nitrogens with zero attached hydrogens (tertiary/aromatic N) is 1. The lowest BCUT2D eigenvalue weighted by molar-refractivity contribution is -0.171. The Labute approximate surface area is 112 Å². The molecule has 3 N–H and O–H groups in total. The second-order valence-electron chi connectivity index (χ2n) is 4.03. The summed E-state index contributed by atoms with van der Waals surface area (Å²) in [6.45, 7) is -0.157. The van der Waals surface area contributed by atoms with Crippen LogP contribution in [0, 0.1) is 0 Å². The van der Waals surface area contributed by atoms with Gasteiger partial charge in [-0.15, -0.1) is 0 Å². The summed E-state index contributed by atoms with van der Waals surface area (Å²) in [4.78, 5) is 28.3. The summed E-state index contributed by atoms with van der Waals surface area (Å²) in [6.07, 6.45) is 0.388. The van der Waals surface area contributed by atoms with E-state index < -0.39 is 6.04 Å². The molecule has 0 aliphatic rings. The summed E-state index contributed by atoms with van der Waals surface area (Å²) in [5.41, 5.74) is 6.20. The van der Waals surface area contributed by atoms with E-state index >= 15 is 0 Å². The molecular weight excluding hydrogens is 246 g/mol. The van der Waals surface area contributed by atoms with Gasteiger partial charge in [0.25, 0.3) is 5.91 Å². The van der Waals surface area contributed by atoms with Gasteiger partial charge in [0.05, 0.1) is 13.7 Å². The first-order chi connectivity index (χ1) is 9.08. The van der Waals surface area contributed by atoms with Crippen molar-refractivity contribution in [3.05, 3.63) is 35.9 Å². The molecule has 0 saturated carbocycles. The molecule has 6 heteroatoms. The molecule has 2 amide bonds. The topological polar surface area (TPSA) is 84.7 Å². The number of nitrogens with two attached hydrogens (primary N) is 1. The van der Waals surface area contributed by atoms with Gasteiger partial charge < -0.3 is 11.1 Å². The lowest BCUT2D eigenvalue weighted by Gasteiger charge is -2.22. The number of benzene rings is 1. The number of nitrogens with one attached hydrogen (secondary N) is 1. The fourth-order valence-corrected chi connectivity index (χ4v) is 1.61. The first-order valence-corrected chi connectivity index (χ1v) is 5.93. The van der Waals surface area contributed by atoms with E-state index in [2.05, 4.69) is 5.32 Å². The van der Waals surface area contributed by atoms with E-state index in [4.69, 9.17) is 10.6 Å². The van der Waals surface area contributed by atoms with E-state index in [1.165, 1.54) is 14.2 Å². The third-order valence-electron chi connectivity index (χ3n) is 2.69. The van der Waals surface area contributed by atoms with Crippen molar-refractivity contribution in [1.82, 2.24) is 10.4 Å². The summed E-state index contributed by atoms with van der Waals surface area (Å²) in [5.74, 6) is -0.702. The Morgan fingerprint density at radius 1 is 1.37 bits per heavy atom. The van der Waals surface area contributed by atoms with Gasteiger partial charge in [0, 0.05) is 13.5 Å². The van der Waals surface area contributed by atoms with Crippen LogP contribution in [0.3, 0.4) is 0 Å². The van der Waals surface area contributed by atoms with Gasteiger partial charge >= 0.3 is 0 Å². The third kappa shape index (κ3) is 4.69. The number of carbonyl (C=O) groups is 2. The number of hydrogen-bond acceptors (Lipinski definition) is 4. The van der Waals surface area contributed by atoms with Crippen LogP contribution in [0.15, 0.2) is 30.3 Å². The molecule has 0 aromatic heterocycles. The first-order valence-electron chi connectivity index (χ1n) is 5.93. The summed E-state index contributed by atoms with van der Waals surface area (Å²) in [6, 6.07) is 8.73. The van der Waals surface area contributed by atoms with Crippen LogP contribution in [0.1, 0.15) is 5.56 Å². The zero-order valence-corrected chi connectivity index (χ0v) is 11.1. The highest BCUT2D eigenvalue weighted by atomic mass is 16.7. The molecule has 0 unspecified atom stereocenters. The third-order valence-corrected chi connectivity index (χ3v) is 2.69. The molecule has 0 heterocycles. The molecular formula is C13H19N3O3. The smallest absolute Gasteiger partial charge is 0.268 e. The molecule has 0 spiro atoms. The van der Waals surface area contributed by atoms with Gasteiger partial charge in [0.15, 0.2) is 0 Å². The van der Waals surface area contributed by atoms with Crippen LogP contribution in [0.25, 0.3) is 0 Å². The maximum atomic E-state index is 12.1. The minimum absolute atomic E-state index is 0.157. The van der Waals surface area contributed by atoms with E-state index in [-0.39, 0.29) is 18.4 Å². The number of rotatable bonds is 6. The zero-order chi connectivity index (χ0) is 14.3. The molecule has 0 fully saturated rings. The number of hydroxylamine groups is 2. The Morgan fingerprint density at radius 2 is 2.00 bits per heavy atom. The fourth-order valence-electron chi connectivity index (χ4n) is 1.61. The van der Waals surface area contributed by atoms with Crippen molar-refractivity contribution in [3.63, 3.8) is 0 Å². The number of amides is 2. The summed E-state index contributed by atoms with van der Waals surface area (Å²) < 4.78 is 0. The maximum Gasteiger partial charge on any atom is 0.268 e. The molecule has 1 rings (SSSR count). The standard InChI is InChI=1S/C13H19N3O3/c1-16(19-2)13(18)11(15-12(17)9-14)8-10-6-4-3-5-7-10/h3-7,11H,8-9,14H2,1-2H3,(H,15,17)/t11-/m0/s1. The Kier molecular flexibility index (Phi) is 5.98. The van der Waals surface area contributed by atoms with Gasteiger partial charge in [-0.2, -0.15) is 0 Å². The lowest BCUT2D eigenvalue weighted by Crippen LogP contribution is -2.49. The largest absolute Gasteiger partial charge is 0.343 e. The fraction of sp³-hybridized carbons (Fsp3) is 0.385. The monoisotopic (exact) mass is 265 g/mol. The molecule has 6 nitrogen and oxygen atoms in total. The van der Waals surface area contributed by atoms with Crippen molar-refractivity contribution < 1.29 is 14.4 Å². The molecule has 0 bridgehead atoms. The normalized spacial score (nSPS) is 11.7. The molecule has 1 aromatic rings. The summed E-state index contributed by atoms with van der Waals surface area (Å²) >= 11 is 0. The number of hydrogen-bond donors (Lipinski definition) is 2. The minimum Gasteiger partial charge on any atom is -0.343 e. The molecule has 19 heavy (non-hydrogen) atoms. The molecule has 104 valence electrons. The predicted molar refractivity (Wildman–Crippen MR) is 70.9 cm³/mol. The van der Waals surface area contributed by atoms with E-state index in [9.17, 15) is 9.59 Å². The van der Waals surface area contributed by atoms with Gasteiger partial charge in [-0.05, 0) is 5.56 Å². The van der Waals surface area contributed by atoms with Crippen LogP contribution in [0.4, 0.5) is 0 Å². The highest BCUT2D eigenvalue weighted by Gasteiger charge is 2.24. The lowest BCUT2D eigenvalue weighted by atomic mass is 10.1. The molecule has 1 aromatic carbocycles. The molecule has 1 atom stereocenters. The SMILES string of the molecule is CON(C)C(=O)[C@H](Cc1ccccc1)NC(=O)CN. The summed E-state index contributed by atoms with van der Waals surface area (Å²) in [7, 11) is 2.89. The van der Waals surface area contributed by atoms with E-state index in [1.54, 1.807) is 0 Å². The maximum absolute atomic E-state index is 12.1. The number of likely N-dealkylation sites (N-methyl/N-ethyl adjacent to an activating group) is 1. The first kappa shape index (κ1) is 15.1. The van der Waals surface area contributed by atoms with Gasteiger partial charge in [0.2, 0.25) is 5.91 Å². The van der Waals surface area contributed by atoms with E-state index in [1.807, 2.05) is 30.3 Å². The van der Waals surface area contributed by atoms with Crippen LogP contribution in [0.2, 0.25) is 0 Å². The zero-order valence-electron chi connectivity index (χ0n) is 11.1. The van der Waals surface area contributed by atoms with Crippen LogP contribution in [0.5, 0.6) is 0 Å². The Hall–Kier alpha value is -1.92. The second kappa shape index (κ2) is 7.50. The highest BCUT2D eigenvalue weighted by Crippen LogP contribution is 2.05. The van der Waals surface area contributed by atoms with Crippen LogP contribution < -0.4 is 11.1 Å². The van der Waals surface area contributed by atoms with E-state index in [0.717, 1.165) is 10.6 Å². The Bertz CT molecular complexity index is 422. The van der Waals surface area contributed by atoms with E-state index in [0.29, 0.717) is 6.42 Å². The van der Waals surface area contributed by atoms with Crippen molar-refractivity contribution in [2.45, 2.75) is 12.5 Å². The van der Waals surface area contributed by atoms with Crippen molar-refractivity contribution >= 4 is 11.8 Å². The van der Waals surface area contributed by atoms with Gasteiger partial charge in [-0.3, -0.25) is 14.4 Å². The molecule has 0 radical (unpaired) electrons. The molecule has 0 aliphatic heterocycles. The van der Waals surface area contributed by atoms with Gasteiger partial charge in [-0.25, -0.2) is 5.06 Å². The Balaban J connectivity index is 2.80. The van der Waals surface area contributed by atoms with Crippen molar-refractivity contribution in [2.75, 3.05) is 20.7 Å². The molecule has 0 saturated heterocycles. The quantitative estimate of drug-likeness (QED) is 0.691. The average Bonchev–Trinajstić information content (AvgIpc) is 2.45. The van der Waals surface area contributed by atoms with Crippen molar-refractivity contribution in [3.8, 4) is 0 Å². The van der Waals surface area contributed by atoms with Gasteiger partial charge in [-0.1, -0.05) is 30.3 Å². The predicted octanol–water partition coefficient (Wildman–Crippen LogP) is -0.308. The van der Waals surface area contributed by atoms with Crippen molar-refractivity contribution in [1.29, 1.82) is 0 Å². The van der Waals surface area contributed by atoms with Gasteiger partial charge in [0.1, 0.15) is 6.04 Å². The average molecular weight is 265 g/mol. The number of carbonyl (C=O) groups excluding carboxylic acids is 2. The Morgan fingerprint density at radius 3 is 2.53 bits per heavy atom.